The molecule has 6 heteroatoms. The first-order chi connectivity index (χ1) is 10.6. The molecule has 1 saturated heterocycles. The van der Waals surface area contributed by atoms with Crippen LogP contribution in [0.4, 0.5) is 0 Å². The van der Waals surface area contributed by atoms with Crippen LogP contribution in [0.15, 0.2) is 0 Å². The van der Waals surface area contributed by atoms with Crippen LogP contribution in [0.3, 0.4) is 0 Å². The van der Waals surface area contributed by atoms with E-state index in [4.69, 9.17) is 0 Å². The van der Waals surface area contributed by atoms with Gasteiger partial charge in [0.2, 0.25) is 5.91 Å². The first-order valence-corrected chi connectivity index (χ1v) is 9.01. The van der Waals surface area contributed by atoms with Crippen molar-refractivity contribution in [2.45, 2.75) is 56.9 Å². The molecule has 22 heavy (non-hydrogen) atoms. The predicted octanol–water partition coefficient (Wildman–Crippen LogP) is 0.404. The Morgan fingerprint density at radius 3 is 2.32 bits per heavy atom. The van der Waals surface area contributed by atoms with E-state index in [0.717, 1.165) is 30.1 Å². The molecule has 0 radical (unpaired) electrons. The summed E-state index contributed by atoms with van der Waals surface area (Å²) < 4.78 is 0. The van der Waals surface area contributed by atoms with Gasteiger partial charge in [-0.15, -0.1) is 0 Å². The summed E-state index contributed by atoms with van der Waals surface area (Å²) in [6.07, 6.45) is 8.40. The zero-order valence-corrected chi connectivity index (χ0v) is 13.2. The highest BCUT2D eigenvalue weighted by Crippen LogP contribution is 2.53. The second-order valence-corrected chi connectivity index (χ2v) is 8.05. The minimum Gasteiger partial charge on any atom is -0.426 e. The van der Waals surface area contributed by atoms with Crippen LogP contribution < -0.4 is 5.32 Å². The number of carbonyl (C=O) groups excluding carboxylic acids is 1. The normalized spacial score (nSPS) is 42.9. The maximum absolute atomic E-state index is 12.4. The maximum atomic E-state index is 12.4. The molecule has 5 aliphatic rings. The SMILES string of the molecule is O=C(CNC1C2CC3CC(C2)CC1C3)N1CCC[C@H]1B(O)O. The van der Waals surface area contributed by atoms with Crippen molar-refractivity contribution in [2.24, 2.45) is 23.7 Å². The number of rotatable bonds is 4. The Kier molecular flexibility index (Phi) is 3.95. The molecule has 3 N–H and O–H groups in total. The first kappa shape index (κ1) is 15.0. The zero-order valence-electron chi connectivity index (χ0n) is 13.2. The molecule has 5 rings (SSSR count). The molecule has 4 saturated carbocycles. The van der Waals surface area contributed by atoms with Gasteiger partial charge in [-0.2, -0.15) is 0 Å². The quantitative estimate of drug-likeness (QED) is 0.658. The Morgan fingerprint density at radius 2 is 1.73 bits per heavy atom. The third-order valence-corrected chi connectivity index (χ3v) is 6.68. The van der Waals surface area contributed by atoms with E-state index in [-0.39, 0.29) is 5.91 Å². The predicted molar refractivity (Wildman–Crippen MR) is 83.8 cm³/mol. The highest BCUT2D eigenvalue weighted by molar-refractivity contribution is 6.43. The monoisotopic (exact) mass is 306 g/mol. The van der Waals surface area contributed by atoms with Gasteiger partial charge in [0.05, 0.1) is 12.5 Å². The Balaban J connectivity index is 1.34. The van der Waals surface area contributed by atoms with Crippen LogP contribution in [0.1, 0.15) is 44.9 Å². The molecule has 1 aliphatic heterocycles. The van der Waals surface area contributed by atoms with Gasteiger partial charge in [-0.3, -0.25) is 4.79 Å². The van der Waals surface area contributed by atoms with Gasteiger partial charge in [-0.25, -0.2) is 0 Å². The summed E-state index contributed by atoms with van der Waals surface area (Å²) in [4.78, 5) is 14.1. The standard InChI is InChI=1S/C16H27BN2O3/c20-15(19-3-1-2-14(19)17(21)22)9-18-16-12-5-10-4-11(7-12)8-13(16)6-10/h10-14,16,18,21-22H,1-9H2/t10?,11?,12?,13?,14-,16?/m0/s1. The molecule has 0 unspecified atom stereocenters. The van der Waals surface area contributed by atoms with Crippen molar-refractivity contribution in [3.8, 4) is 0 Å². The lowest BCUT2D eigenvalue weighted by atomic mass is 9.54. The van der Waals surface area contributed by atoms with Gasteiger partial charge in [0.15, 0.2) is 0 Å². The fourth-order valence-electron chi connectivity index (χ4n) is 5.98. The van der Waals surface area contributed by atoms with Gasteiger partial charge in [0.1, 0.15) is 0 Å². The molecule has 1 amide bonds. The van der Waals surface area contributed by atoms with E-state index in [0.29, 0.717) is 25.6 Å². The average molecular weight is 306 g/mol. The van der Waals surface area contributed by atoms with Crippen LogP contribution in [-0.2, 0) is 4.79 Å². The van der Waals surface area contributed by atoms with E-state index >= 15 is 0 Å². The smallest absolute Gasteiger partial charge is 0.426 e. The van der Waals surface area contributed by atoms with Crippen LogP contribution in [0.5, 0.6) is 0 Å². The molecular formula is C16H27BN2O3. The lowest BCUT2D eigenvalue weighted by Gasteiger charge is -2.54. The molecule has 0 spiro atoms. The molecule has 0 aromatic heterocycles. The van der Waals surface area contributed by atoms with Crippen molar-refractivity contribution in [3.05, 3.63) is 0 Å². The summed E-state index contributed by atoms with van der Waals surface area (Å²) in [6, 6.07) is 0.511. The summed E-state index contributed by atoms with van der Waals surface area (Å²) in [7, 11) is -1.41. The van der Waals surface area contributed by atoms with Crippen molar-refractivity contribution in [1.29, 1.82) is 0 Å². The summed E-state index contributed by atoms with van der Waals surface area (Å²) in [5.41, 5.74) is 0. The van der Waals surface area contributed by atoms with Crippen LogP contribution in [0.25, 0.3) is 0 Å². The number of nitrogens with zero attached hydrogens (tertiary/aromatic N) is 1. The first-order valence-electron chi connectivity index (χ1n) is 9.01. The Morgan fingerprint density at radius 1 is 1.09 bits per heavy atom. The largest absolute Gasteiger partial charge is 0.475 e. The van der Waals surface area contributed by atoms with E-state index in [2.05, 4.69) is 5.32 Å². The fraction of sp³-hybridized carbons (Fsp3) is 0.938. The molecule has 5 fully saturated rings. The number of nitrogens with one attached hydrogen (secondary N) is 1. The maximum Gasteiger partial charge on any atom is 0.475 e. The molecule has 0 aromatic carbocycles. The molecular weight excluding hydrogens is 279 g/mol. The number of amides is 1. The lowest BCUT2D eigenvalue weighted by Crippen LogP contribution is -2.57. The molecule has 1 heterocycles. The van der Waals surface area contributed by atoms with E-state index in [1.54, 1.807) is 4.90 Å². The van der Waals surface area contributed by atoms with E-state index < -0.39 is 13.1 Å². The van der Waals surface area contributed by atoms with Gasteiger partial charge in [-0.05, 0) is 68.6 Å². The Labute approximate surface area is 132 Å². The van der Waals surface area contributed by atoms with Gasteiger partial charge < -0.3 is 20.3 Å². The zero-order chi connectivity index (χ0) is 15.3. The molecule has 1 atom stereocenters. The number of carbonyl (C=O) groups is 1. The van der Waals surface area contributed by atoms with Gasteiger partial charge in [0.25, 0.3) is 0 Å². The topological polar surface area (TPSA) is 72.8 Å². The number of hydrogen-bond donors (Lipinski definition) is 3. The molecule has 4 aliphatic carbocycles. The third-order valence-electron chi connectivity index (χ3n) is 6.68. The third kappa shape index (κ3) is 2.59. The van der Waals surface area contributed by atoms with Crippen molar-refractivity contribution in [2.75, 3.05) is 13.1 Å². The van der Waals surface area contributed by atoms with E-state index in [9.17, 15) is 14.8 Å². The van der Waals surface area contributed by atoms with E-state index in [1.807, 2.05) is 0 Å². The highest BCUT2D eigenvalue weighted by Gasteiger charge is 2.48. The van der Waals surface area contributed by atoms with E-state index in [1.165, 1.54) is 32.1 Å². The van der Waals surface area contributed by atoms with Gasteiger partial charge in [0, 0.05) is 12.6 Å². The summed E-state index contributed by atoms with van der Waals surface area (Å²) in [5.74, 6) is 3.05. The van der Waals surface area contributed by atoms with Gasteiger partial charge >= 0.3 is 7.12 Å². The summed E-state index contributed by atoms with van der Waals surface area (Å²) in [6.45, 7) is 1.01. The van der Waals surface area contributed by atoms with Crippen molar-refractivity contribution >= 4 is 13.0 Å². The number of likely N-dealkylation sites (tertiary alicyclic amines) is 1. The van der Waals surface area contributed by atoms with Gasteiger partial charge in [-0.1, -0.05) is 0 Å². The van der Waals surface area contributed by atoms with Crippen molar-refractivity contribution in [3.63, 3.8) is 0 Å². The molecule has 5 nitrogen and oxygen atoms in total. The van der Waals surface area contributed by atoms with Crippen LogP contribution >= 0.6 is 0 Å². The Hall–Kier alpha value is -0.585. The van der Waals surface area contributed by atoms with Crippen LogP contribution in [0, 0.1) is 23.7 Å². The number of hydrogen-bond acceptors (Lipinski definition) is 4. The van der Waals surface area contributed by atoms with Crippen LogP contribution in [0.2, 0.25) is 0 Å². The highest BCUT2D eigenvalue weighted by atomic mass is 16.4. The molecule has 4 bridgehead atoms. The average Bonchev–Trinajstić information content (AvgIpc) is 2.95. The summed E-state index contributed by atoms with van der Waals surface area (Å²) >= 11 is 0. The Bertz CT molecular complexity index is 417. The fourth-order valence-corrected chi connectivity index (χ4v) is 5.98. The lowest BCUT2D eigenvalue weighted by molar-refractivity contribution is -0.131. The molecule has 122 valence electrons. The second kappa shape index (κ2) is 5.80. The minimum absolute atomic E-state index is 0.0319. The van der Waals surface area contributed by atoms with Crippen molar-refractivity contribution < 1.29 is 14.8 Å². The molecule has 0 aromatic rings. The minimum atomic E-state index is -1.41. The second-order valence-electron chi connectivity index (χ2n) is 8.05. The summed E-state index contributed by atoms with van der Waals surface area (Å²) in [5, 5.41) is 22.3. The van der Waals surface area contributed by atoms with Crippen molar-refractivity contribution in [1.82, 2.24) is 10.2 Å². The van der Waals surface area contributed by atoms with Crippen LogP contribution in [-0.4, -0.2) is 53.0 Å².